The van der Waals surface area contributed by atoms with Gasteiger partial charge < -0.3 is 5.11 Å². The van der Waals surface area contributed by atoms with Crippen molar-refractivity contribution in [1.82, 2.24) is 4.98 Å². The predicted octanol–water partition coefficient (Wildman–Crippen LogP) is 3.97. The molecule has 0 unspecified atom stereocenters. The lowest BCUT2D eigenvalue weighted by Crippen LogP contribution is -1.89. The lowest BCUT2D eigenvalue weighted by atomic mass is 10.1. The Morgan fingerprint density at radius 1 is 1.35 bits per heavy atom. The van der Waals surface area contributed by atoms with Gasteiger partial charge in [0.15, 0.2) is 0 Å². The molecule has 1 heterocycles. The van der Waals surface area contributed by atoms with E-state index in [-0.39, 0.29) is 22.6 Å². The monoisotopic (exact) mass is 323 g/mol. The highest BCUT2D eigenvalue weighted by Gasteiger charge is 2.12. The van der Waals surface area contributed by atoms with Gasteiger partial charge in [-0.2, -0.15) is 5.26 Å². The number of aromatic nitrogens is 1. The summed E-state index contributed by atoms with van der Waals surface area (Å²) in [6, 6.07) is 13.2. The normalized spacial score (nSPS) is 11.3. The van der Waals surface area contributed by atoms with Crippen LogP contribution in [0, 0.1) is 21.4 Å². The smallest absolute Gasteiger partial charge is 0.270 e. The van der Waals surface area contributed by atoms with E-state index >= 15 is 0 Å². The molecule has 6 nitrogen and oxygen atoms in total. The second-order valence-corrected chi connectivity index (χ2v) is 5.69. The molecule has 0 atom stereocenters. The molecular weight excluding hydrogens is 314 g/mol. The fraction of sp³-hybridized carbons (Fsp3) is 0. The second kappa shape index (κ2) is 5.87. The molecule has 0 radical (unpaired) electrons. The van der Waals surface area contributed by atoms with E-state index in [0.29, 0.717) is 5.01 Å². The number of nitriles is 1. The van der Waals surface area contributed by atoms with Gasteiger partial charge in [-0.15, -0.1) is 11.3 Å². The van der Waals surface area contributed by atoms with E-state index in [9.17, 15) is 20.5 Å². The van der Waals surface area contributed by atoms with E-state index in [0.717, 1.165) is 10.2 Å². The van der Waals surface area contributed by atoms with Gasteiger partial charge in [-0.1, -0.05) is 12.1 Å². The van der Waals surface area contributed by atoms with Gasteiger partial charge in [0.2, 0.25) is 0 Å². The van der Waals surface area contributed by atoms with E-state index in [4.69, 9.17) is 0 Å². The molecule has 2 aromatic carbocycles. The third-order valence-electron chi connectivity index (χ3n) is 3.17. The maximum atomic E-state index is 10.8. The summed E-state index contributed by atoms with van der Waals surface area (Å²) in [5, 5.41) is 30.6. The number of non-ortho nitro benzene ring substituents is 1. The molecule has 7 heteroatoms. The number of nitro groups is 1. The summed E-state index contributed by atoms with van der Waals surface area (Å²) in [5.41, 5.74) is 1.06. The molecule has 3 aromatic rings. The number of hydrogen-bond acceptors (Lipinski definition) is 6. The number of aromatic hydroxyl groups is 1. The quantitative estimate of drug-likeness (QED) is 0.446. The van der Waals surface area contributed by atoms with Crippen LogP contribution in [-0.2, 0) is 0 Å². The van der Waals surface area contributed by atoms with Gasteiger partial charge in [0.25, 0.3) is 5.69 Å². The zero-order valence-corrected chi connectivity index (χ0v) is 12.4. The number of para-hydroxylation sites is 1. The fourth-order valence-corrected chi connectivity index (χ4v) is 2.99. The minimum atomic E-state index is -0.555. The van der Waals surface area contributed by atoms with Crippen molar-refractivity contribution in [3.63, 3.8) is 0 Å². The van der Waals surface area contributed by atoms with Crippen LogP contribution in [-0.4, -0.2) is 15.0 Å². The molecular formula is C16H9N3O3S. The van der Waals surface area contributed by atoms with E-state index in [1.807, 2.05) is 30.3 Å². The van der Waals surface area contributed by atoms with Gasteiger partial charge in [-0.3, -0.25) is 10.1 Å². The van der Waals surface area contributed by atoms with Gasteiger partial charge in [0.1, 0.15) is 16.8 Å². The number of benzene rings is 2. The molecule has 0 aliphatic carbocycles. The summed E-state index contributed by atoms with van der Waals surface area (Å²) in [7, 11) is 0. The lowest BCUT2D eigenvalue weighted by molar-refractivity contribution is -0.384. The van der Waals surface area contributed by atoms with Crippen molar-refractivity contribution >= 4 is 38.9 Å². The van der Waals surface area contributed by atoms with Crippen LogP contribution in [0.15, 0.2) is 42.5 Å². The zero-order chi connectivity index (χ0) is 16.4. The van der Waals surface area contributed by atoms with Crippen molar-refractivity contribution in [3.8, 4) is 11.8 Å². The van der Waals surface area contributed by atoms with Crippen LogP contribution in [0.5, 0.6) is 5.75 Å². The van der Waals surface area contributed by atoms with Crippen LogP contribution >= 0.6 is 11.3 Å². The highest BCUT2D eigenvalue weighted by molar-refractivity contribution is 7.19. The summed E-state index contributed by atoms with van der Waals surface area (Å²) >= 11 is 1.35. The average molecular weight is 323 g/mol. The lowest BCUT2D eigenvalue weighted by Gasteiger charge is -2.00. The fourth-order valence-electron chi connectivity index (χ4n) is 2.06. The first-order valence-electron chi connectivity index (χ1n) is 6.53. The topological polar surface area (TPSA) is 100 Å². The van der Waals surface area contributed by atoms with Crippen molar-refractivity contribution in [2.24, 2.45) is 0 Å². The number of allylic oxidation sites excluding steroid dienone is 1. The Morgan fingerprint density at radius 3 is 2.83 bits per heavy atom. The molecule has 0 saturated heterocycles. The summed E-state index contributed by atoms with van der Waals surface area (Å²) in [4.78, 5) is 14.7. The number of nitrogens with zero attached hydrogens (tertiary/aromatic N) is 3. The van der Waals surface area contributed by atoms with E-state index in [1.165, 1.54) is 35.6 Å². The molecule has 112 valence electrons. The van der Waals surface area contributed by atoms with E-state index in [2.05, 4.69) is 4.98 Å². The molecule has 1 N–H and O–H groups in total. The Hall–Kier alpha value is -3.24. The number of hydrogen-bond donors (Lipinski definition) is 1. The highest BCUT2D eigenvalue weighted by Crippen LogP contribution is 2.31. The molecule has 0 saturated carbocycles. The third-order valence-corrected chi connectivity index (χ3v) is 4.24. The minimum Gasteiger partial charge on any atom is -0.507 e. The maximum Gasteiger partial charge on any atom is 0.270 e. The first-order chi connectivity index (χ1) is 11.1. The Labute approximate surface area is 134 Å². The molecule has 0 spiro atoms. The summed E-state index contributed by atoms with van der Waals surface area (Å²) in [6.07, 6.45) is 1.40. The minimum absolute atomic E-state index is 0.135. The van der Waals surface area contributed by atoms with Crippen molar-refractivity contribution in [1.29, 1.82) is 5.26 Å². The molecule has 0 aliphatic rings. The molecule has 0 amide bonds. The Morgan fingerprint density at radius 2 is 2.13 bits per heavy atom. The standard InChI is InChI=1S/C16H9N3O3S/c17-9-11(16-18-13-3-1-2-4-15(13)23-16)7-10-8-12(19(21)22)5-6-14(10)20/h1-8,20H/b11-7-. The van der Waals surface area contributed by atoms with Gasteiger partial charge >= 0.3 is 0 Å². The molecule has 0 aliphatic heterocycles. The first kappa shape index (κ1) is 14.7. The molecule has 1 aromatic heterocycles. The van der Waals surface area contributed by atoms with Crippen LogP contribution in [0.25, 0.3) is 21.9 Å². The van der Waals surface area contributed by atoms with Crippen LogP contribution in [0.4, 0.5) is 5.69 Å². The van der Waals surface area contributed by atoms with Crippen LogP contribution < -0.4 is 0 Å². The maximum absolute atomic E-state index is 10.8. The van der Waals surface area contributed by atoms with Gasteiger partial charge in [0.05, 0.1) is 20.7 Å². The number of phenolic OH excluding ortho intramolecular Hbond substituents is 1. The van der Waals surface area contributed by atoms with Crippen molar-refractivity contribution in [2.45, 2.75) is 0 Å². The molecule has 0 fully saturated rings. The third kappa shape index (κ3) is 2.88. The number of rotatable bonds is 3. The summed E-state index contributed by atoms with van der Waals surface area (Å²) < 4.78 is 0.937. The molecule has 0 bridgehead atoms. The van der Waals surface area contributed by atoms with Gasteiger partial charge in [-0.05, 0) is 24.3 Å². The first-order valence-corrected chi connectivity index (χ1v) is 7.35. The van der Waals surface area contributed by atoms with E-state index in [1.54, 1.807) is 0 Å². The van der Waals surface area contributed by atoms with E-state index < -0.39 is 4.92 Å². The zero-order valence-electron chi connectivity index (χ0n) is 11.6. The van der Waals surface area contributed by atoms with Crippen LogP contribution in [0.2, 0.25) is 0 Å². The summed E-state index contributed by atoms with van der Waals surface area (Å²) in [6.45, 7) is 0. The van der Waals surface area contributed by atoms with Crippen LogP contribution in [0.3, 0.4) is 0 Å². The number of nitro benzene ring substituents is 1. The largest absolute Gasteiger partial charge is 0.507 e. The number of fused-ring (bicyclic) bond motifs is 1. The van der Waals surface area contributed by atoms with Crippen molar-refractivity contribution < 1.29 is 10.0 Å². The molecule has 23 heavy (non-hydrogen) atoms. The SMILES string of the molecule is N#C/C(=C/c1cc([N+](=O)[O-])ccc1O)c1nc2ccccc2s1. The van der Waals surface area contributed by atoms with Gasteiger partial charge in [-0.25, -0.2) is 4.98 Å². The molecule has 3 rings (SSSR count). The predicted molar refractivity (Wildman–Crippen MR) is 87.9 cm³/mol. The Kier molecular flexibility index (Phi) is 3.75. The Bertz CT molecular complexity index is 953. The van der Waals surface area contributed by atoms with Crippen LogP contribution in [0.1, 0.15) is 10.6 Å². The number of thiazole rings is 1. The summed E-state index contributed by atoms with van der Waals surface area (Å²) in [5.74, 6) is -0.135. The Balaban J connectivity index is 2.10. The second-order valence-electron chi connectivity index (χ2n) is 4.66. The average Bonchev–Trinajstić information content (AvgIpc) is 2.97. The van der Waals surface area contributed by atoms with Crippen molar-refractivity contribution in [2.75, 3.05) is 0 Å². The van der Waals surface area contributed by atoms with Gasteiger partial charge in [0, 0.05) is 17.7 Å². The highest BCUT2D eigenvalue weighted by atomic mass is 32.1. The number of phenols is 1. The van der Waals surface area contributed by atoms with Crippen molar-refractivity contribution in [3.05, 3.63) is 63.1 Å².